The van der Waals surface area contributed by atoms with Crippen molar-refractivity contribution in [3.05, 3.63) is 29.6 Å². The molecular weight excluding hydrogens is 205 g/mol. The molecule has 0 saturated carbocycles. The number of hydrogen-bond donors (Lipinski definition) is 1. The topological polar surface area (TPSA) is 29.1 Å². The molecule has 0 aliphatic carbocycles. The SMILES string of the molecule is CC.CC1(C)CC(=O)Nc2cc(F)ccc21. The molecule has 0 aromatic heterocycles. The minimum Gasteiger partial charge on any atom is -0.326 e. The molecule has 1 N–H and O–H groups in total. The Kier molecular flexibility index (Phi) is 3.68. The van der Waals surface area contributed by atoms with Crippen molar-refractivity contribution < 1.29 is 9.18 Å². The smallest absolute Gasteiger partial charge is 0.225 e. The Bertz CT molecular complexity index is 399. The number of nitrogens with one attached hydrogen (secondary N) is 1. The van der Waals surface area contributed by atoms with Crippen molar-refractivity contribution in [3.63, 3.8) is 0 Å². The van der Waals surface area contributed by atoms with Crippen LogP contribution in [0.1, 0.15) is 39.7 Å². The number of rotatable bonds is 0. The fourth-order valence-corrected chi connectivity index (χ4v) is 1.90. The molecule has 88 valence electrons. The molecule has 0 saturated heterocycles. The number of carbonyl (C=O) groups excluding carboxylic acids is 1. The number of hydrogen-bond acceptors (Lipinski definition) is 1. The lowest BCUT2D eigenvalue weighted by Gasteiger charge is -2.31. The standard InChI is InChI=1S/C11H12FNO.C2H6/c1-11(2)6-10(14)13-9-5-7(12)3-4-8(9)11;1-2/h3-5H,6H2,1-2H3,(H,13,14);1-2H3. The molecule has 0 spiro atoms. The monoisotopic (exact) mass is 223 g/mol. The van der Waals surface area contributed by atoms with E-state index in [1.807, 2.05) is 27.7 Å². The zero-order valence-electron chi connectivity index (χ0n) is 10.2. The maximum atomic E-state index is 12.9. The first-order valence-corrected chi connectivity index (χ1v) is 5.59. The van der Waals surface area contributed by atoms with Crippen molar-refractivity contribution in [2.24, 2.45) is 0 Å². The molecule has 16 heavy (non-hydrogen) atoms. The van der Waals surface area contributed by atoms with Gasteiger partial charge in [-0.1, -0.05) is 33.8 Å². The number of fused-ring (bicyclic) bond motifs is 1. The van der Waals surface area contributed by atoms with Crippen LogP contribution in [0.25, 0.3) is 0 Å². The van der Waals surface area contributed by atoms with Crippen LogP contribution in [0.2, 0.25) is 0 Å². The third-order valence-electron chi connectivity index (χ3n) is 2.59. The lowest BCUT2D eigenvalue weighted by atomic mass is 9.78. The van der Waals surface area contributed by atoms with Gasteiger partial charge < -0.3 is 5.32 Å². The average Bonchev–Trinajstić information content (AvgIpc) is 2.18. The predicted molar refractivity (Wildman–Crippen MR) is 64.0 cm³/mol. The minimum atomic E-state index is -0.318. The number of anilines is 1. The Morgan fingerprint density at radius 3 is 2.56 bits per heavy atom. The van der Waals surface area contributed by atoms with Gasteiger partial charge in [-0.2, -0.15) is 0 Å². The molecule has 0 fully saturated rings. The first-order valence-electron chi connectivity index (χ1n) is 5.59. The van der Waals surface area contributed by atoms with Gasteiger partial charge in [-0.3, -0.25) is 4.79 Å². The summed E-state index contributed by atoms with van der Waals surface area (Å²) in [5.74, 6) is -0.366. The van der Waals surface area contributed by atoms with E-state index in [1.165, 1.54) is 12.1 Å². The van der Waals surface area contributed by atoms with Crippen LogP contribution in [-0.2, 0) is 10.2 Å². The summed E-state index contributed by atoms with van der Waals surface area (Å²) in [5, 5.41) is 2.68. The predicted octanol–water partition coefficient (Wildman–Crippen LogP) is 3.47. The van der Waals surface area contributed by atoms with Crippen molar-refractivity contribution in [2.45, 2.75) is 39.5 Å². The lowest BCUT2D eigenvalue weighted by Crippen LogP contribution is -2.32. The third kappa shape index (κ3) is 2.40. The fraction of sp³-hybridized carbons (Fsp3) is 0.462. The van der Waals surface area contributed by atoms with Gasteiger partial charge >= 0.3 is 0 Å². The van der Waals surface area contributed by atoms with E-state index >= 15 is 0 Å². The van der Waals surface area contributed by atoms with E-state index in [2.05, 4.69) is 5.32 Å². The molecule has 1 aliphatic rings. The van der Waals surface area contributed by atoms with Gasteiger partial charge in [0.1, 0.15) is 5.82 Å². The Labute approximate surface area is 95.9 Å². The van der Waals surface area contributed by atoms with Crippen molar-refractivity contribution in [3.8, 4) is 0 Å². The van der Waals surface area contributed by atoms with Gasteiger partial charge in [0.15, 0.2) is 0 Å². The van der Waals surface area contributed by atoms with Gasteiger partial charge in [0.05, 0.1) is 0 Å². The molecule has 2 rings (SSSR count). The molecule has 1 heterocycles. The number of amides is 1. The van der Waals surface area contributed by atoms with Gasteiger partial charge in [0.2, 0.25) is 5.91 Å². The Balaban J connectivity index is 0.000000606. The van der Waals surface area contributed by atoms with Crippen LogP contribution in [0.5, 0.6) is 0 Å². The largest absolute Gasteiger partial charge is 0.326 e. The summed E-state index contributed by atoms with van der Waals surface area (Å²) in [6.07, 6.45) is 0.450. The molecular formula is C13H18FNO. The zero-order chi connectivity index (χ0) is 12.3. The van der Waals surface area contributed by atoms with Crippen LogP contribution >= 0.6 is 0 Å². The van der Waals surface area contributed by atoms with Gasteiger partial charge in [0.25, 0.3) is 0 Å². The van der Waals surface area contributed by atoms with E-state index in [1.54, 1.807) is 6.07 Å². The maximum Gasteiger partial charge on any atom is 0.225 e. The van der Waals surface area contributed by atoms with Crippen LogP contribution in [0.4, 0.5) is 10.1 Å². The third-order valence-corrected chi connectivity index (χ3v) is 2.59. The summed E-state index contributed by atoms with van der Waals surface area (Å²) < 4.78 is 12.9. The second-order valence-corrected chi connectivity index (χ2v) is 4.30. The van der Waals surface area contributed by atoms with Gasteiger partial charge in [-0.05, 0) is 17.7 Å². The average molecular weight is 223 g/mol. The second-order valence-electron chi connectivity index (χ2n) is 4.30. The van der Waals surface area contributed by atoms with Gasteiger partial charge in [-0.15, -0.1) is 0 Å². The highest BCUT2D eigenvalue weighted by Crippen LogP contribution is 2.37. The fourth-order valence-electron chi connectivity index (χ4n) is 1.90. The molecule has 2 nitrogen and oxygen atoms in total. The van der Waals surface area contributed by atoms with E-state index in [9.17, 15) is 9.18 Å². The molecule has 1 aromatic carbocycles. The van der Waals surface area contributed by atoms with E-state index in [0.29, 0.717) is 12.1 Å². The Hall–Kier alpha value is -1.38. The van der Waals surface area contributed by atoms with Crippen LogP contribution in [-0.4, -0.2) is 5.91 Å². The summed E-state index contributed by atoms with van der Waals surface area (Å²) >= 11 is 0. The molecule has 0 atom stereocenters. The highest BCUT2D eigenvalue weighted by atomic mass is 19.1. The molecule has 0 radical (unpaired) electrons. The van der Waals surface area contributed by atoms with Crippen LogP contribution in [0, 0.1) is 5.82 Å². The molecule has 0 bridgehead atoms. The maximum absolute atomic E-state index is 12.9. The number of halogens is 1. The first-order chi connectivity index (χ1) is 7.49. The lowest BCUT2D eigenvalue weighted by molar-refractivity contribution is -0.117. The summed E-state index contributed by atoms with van der Waals surface area (Å²) in [7, 11) is 0. The summed E-state index contributed by atoms with van der Waals surface area (Å²) in [4.78, 5) is 11.3. The van der Waals surface area contributed by atoms with Gasteiger partial charge in [0, 0.05) is 17.5 Å². The highest BCUT2D eigenvalue weighted by Gasteiger charge is 2.31. The Morgan fingerprint density at radius 1 is 1.31 bits per heavy atom. The van der Waals surface area contributed by atoms with Crippen LogP contribution in [0.3, 0.4) is 0 Å². The van der Waals surface area contributed by atoms with E-state index in [-0.39, 0.29) is 17.1 Å². The number of carbonyl (C=O) groups is 1. The Morgan fingerprint density at radius 2 is 1.94 bits per heavy atom. The normalized spacial score (nSPS) is 16.7. The van der Waals surface area contributed by atoms with Crippen molar-refractivity contribution in [1.29, 1.82) is 0 Å². The number of benzene rings is 1. The van der Waals surface area contributed by atoms with Gasteiger partial charge in [-0.25, -0.2) is 4.39 Å². The second kappa shape index (κ2) is 4.64. The zero-order valence-corrected chi connectivity index (χ0v) is 10.2. The van der Waals surface area contributed by atoms with Crippen molar-refractivity contribution in [1.82, 2.24) is 0 Å². The van der Waals surface area contributed by atoms with Crippen LogP contribution < -0.4 is 5.32 Å². The molecule has 1 amide bonds. The molecule has 1 aromatic rings. The van der Waals surface area contributed by atoms with E-state index < -0.39 is 0 Å². The summed E-state index contributed by atoms with van der Waals surface area (Å²) in [5.41, 5.74) is 1.40. The van der Waals surface area contributed by atoms with Crippen LogP contribution in [0.15, 0.2) is 18.2 Å². The molecule has 0 unspecified atom stereocenters. The van der Waals surface area contributed by atoms with E-state index in [0.717, 1.165) is 5.56 Å². The van der Waals surface area contributed by atoms with Crippen molar-refractivity contribution >= 4 is 11.6 Å². The molecule has 3 heteroatoms. The highest BCUT2D eigenvalue weighted by molar-refractivity contribution is 5.95. The summed E-state index contributed by atoms with van der Waals surface area (Å²) in [6, 6.07) is 4.54. The molecule has 1 aliphatic heterocycles. The quantitative estimate of drug-likeness (QED) is 0.717. The first kappa shape index (κ1) is 12.7. The summed E-state index contributed by atoms with van der Waals surface area (Å²) in [6.45, 7) is 7.98. The minimum absolute atomic E-state index is 0.0481. The van der Waals surface area contributed by atoms with E-state index in [4.69, 9.17) is 0 Å². The van der Waals surface area contributed by atoms with Crippen molar-refractivity contribution in [2.75, 3.05) is 5.32 Å².